The van der Waals surface area contributed by atoms with E-state index in [1.807, 2.05) is 0 Å². The topological polar surface area (TPSA) is 33.0 Å². The normalized spacial score (nSPS) is 27.7. The lowest BCUT2D eigenvalue weighted by molar-refractivity contribution is -0.0299. The van der Waals surface area contributed by atoms with Gasteiger partial charge in [-0.05, 0) is 25.2 Å². The third kappa shape index (κ3) is 2.83. The Morgan fingerprint density at radius 2 is 2.25 bits per heavy atom. The van der Waals surface area contributed by atoms with Gasteiger partial charge < -0.3 is 4.74 Å². The zero-order chi connectivity index (χ0) is 8.81. The first-order chi connectivity index (χ1) is 5.86. The van der Waals surface area contributed by atoms with Crippen molar-refractivity contribution >= 4 is 0 Å². The minimum Gasteiger partial charge on any atom is -0.378 e. The number of hydrogen-bond donors (Lipinski definition) is 0. The van der Waals surface area contributed by atoms with Gasteiger partial charge in [-0.15, -0.1) is 0 Å². The lowest BCUT2D eigenvalue weighted by Gasteiger charge is -2.33. The summed E-state index contributed by atoms with van der Waals surface area (Å²) < 4.78 is 5.59. The highest BCUT2D eigenvalue weighted by molar-refractivity contribution is 4.87. The van der Waals surface area contributed by atoms with Crippen molar-refractivity contribution in [2.24, 2.45) is 5.92 Å². The molecule has 1 aliphatic rings. The van der Waals surface area contributed by atoms with Crippen LogP contribution in [0.2, 0.25) is 0 Å². The Bertz CT molecular complexity index is 156. The van der Waals surface area contributed by atoms with Crippen LogP contribution in [0.25, 0.3) is 0 Å². The molecule has 0 bridgehead atoms. The first-order valence-corrected chi connectivity index (χ1v) is 4.85. The SMILES string of the molecule is CCCCO[C@H]1C[C@@H](CC#N)C1. The highest BCUT2D eigenvalue weighted by atomic mass is 16.5. The van der Waals surface area contributed by atoms with Crippen LogP contribution in [-0.2, 0) is 4.74 Å². The quantitative estimate of drug-likeness (QED) is 0.589. The molecular weight excluding hydrogens is 150 g/mol. The smallest absolute Gasteiger partial charge is 0.0624 e. The Labute approximate surface area is 74.5 Å². The fourth-order valence-electron chi connectivity index (χ4n) is 1.50. The molecule has 0 atom stereocenters. The highest BCUT2D eigenvalue weighted by Gasteiger charge is 2.28. The molecule has 0 amide bonds. The van der Waals surface area contributed by atoms with Gasteiger partial charge in [0.15, 0.2) is 0 Å². The van der Waals surface area contributed by atoms with Crippen molar-refractivity contribution in [1.29, 1.82) is 5.26 Å². The summed E-state index contributed by atoms with van der Waals surface area (Å²) in [6.45, 7) is 3.07. The molecule has 0 spiro atoms. The molecule has 0 N–H and O–H groups in total. The number of nitrogens with zero attached hydrogens (tertiary/aromatic N) is 1. The molecule has 0 radical (unpaired) electrons. The second kappa shape index (κ2) is 5.16. The van der Waals surface area contributed by atoms with Crippen LogP contribution in [0.3, 0.4) is 0 Å². The first-order valence-electron chi connectivity index (χ1n) is 4.85. The molecule has 1 rings (SSSR count). The van der Waals surface area contributed by atoms with E-state index in [1.165, 1.54) is 12.8 Å². The minimum atomic E-state index is 0.467. The summed E-state index contributed by atoms with van der Waals surface area (Å²) in [6.07, 6.45) is 5.77. The van der Waals surface area contributed by atoms with E-state index in [4.69, 9.17) is 10.00 Å². The number of ether oxygens (including phenoxy) is 1. The van der Waals surface area contributed by atoms with Crippen LogP contribution in [0.4, 0.5) is 0 Å². The summed E-state index contributed by atoms with van der Waals surface area (Å²) >= 11 is 0. The van der Waals surface area contributed by atoms with Gasteiger partial charge in [0.2, 0.25) is 0 Å². The zero-order valence-electron chi connectivity index (χ0n) is 7.75. The van der Waals surface area contributed by atoms with E-state index >= 15 is 0 Å². The van der Waals surface area contributed by atoms with Gasteiger partial charge in [0.05, 0.1) is 12.2 Å². The minimum absolute atomic E-state index is 0.467. The van der Waals surface area contributed by atoms with E-state index in [1.54, 1.807) is 0 Å². The molecule has 0 aliphatic heterocycles. The summed E-state index contributed by atoms with van der Waals surface area (Å²) in [5.41, 5.74) is 0. The van der Waals surface area contributed by atoms with Gasteiger partial charge in [-0.2, -0.15) is 5.26 Å². The number of unbranched alkanes of at least 4 members (excludes halogenated alkanes) is 1. The van der Waals surface area contributed by atoms with Gasteiger partial charge in [-0.3, -0.25) is 0 Å². The van der Waals surface area contributed by atoms with Crippen molar-refractivity contribution in [1.82, 2.24) is 0 Å². The van der Waals surface area contributed by atoms with Gasteiger partial charge in [0.25, 0.3) is 0 Å². The molecule has 1 fully saturated rings. The van der Waals surface area contributed by atoms with Gasteiger partial charge in [-0.25, -0.2) is 0 Å². The third-order valence-electron chi connectivity index (χ3n) is 2.42. The first kappa shape index (κ1) is 9.54. The van der Waals surface area contributed by atoms with Gasteiger partial charge >= 0.3 is 0 Å². The maximum atomic E-state index is 8.41. The number of nitriles is 1. The predicted molar refractivity (Wildman–Crippen MR) is 47.6 cm³/mol. The summed E-state index contributed by atoms with van der Waals surface area (Å²) in [5.74, 6) is 0.627. The van der Waals surface area contributed by atoms with Crippen LogP contribution in [0.15, 0.2) is 0 Å². The van der Waals surface area contributed by atoms with Crippen LogP contribution in [0.1, 0.15) is 39.0 Å². The van der Waals surface area contributed by atoms with Crippen molar-refractivity contribution in [3.8, 4) is 6.07 Å². The lowest BCUT2D eigenvalue weighted by atomic mass is 9.80. The van der Waals surface area contributed by atoms with Crippen LogP contribution in [-0.4, -0.2) is 12.7 Å². The third-order valence-corrected chi connectivity index (χ3v) is 2.42. The van der Waals surface area contributed by atoms with Crippen molar-refractivity contribution in [2.75, 3.05) is 6.61 Å². The molecule has 0 aromatic heterocycles. The maximum absolute atomic E-state index is 8.41. The predicted octanol–water partition coefficient (Wildman–Crippen LogP) is 2.50. The Hall–Kier alpha value is -0.550. The number of hydrogen-bond acceptors (Lipinski definition) is 2. The monoisotopic (exact) mass is 167 g/mol. The average Bonchev–Trinajstić information content (AvgIpc) is 2.00. The highest BCUT2D eigenvalue weighted by Crippen LogP contribution is 2.32. The summed E-state index contributed by atoms with van der Waals surface area (Å²) in [7, 11) is 0. The largest absolute Gasteiger partial charge is 0.378 e. The molecule has 0 heterocycles. The molecule has 0 unspecified atom stereocenters. The molecule has 0 aromatic rings. The molecule has 2 heteroatoms. The zero-order valence-corrected chi connectivity index (χ0v) is 7.75. The maximum Gasteiger partial charge on any atom is 0.0624 e. The Morgan fingerprint density at radius 3 is 2.83 bits per heavy atom. The second-order valence-corrected chi connectivity index (χ2v) is 3.55. The van der Waals surface area contributed by atoms with E-state index in [0.717, 1.165) is 19.4 Å². The van der Waals surface area contributed by atoms with Gasteiger partial charge in [0, 0.05) is 13.0 Å². The van der Waals surface area contributed by atoms with Crippen molar-refractivity contribution < 1.29 is 4.74 Å². The standard InChI is InChI=1S/C10H17NO/c1-2-3-6-12-10-7-9(8-10)4-5-11/h9-10H,2-4,6-8H2,1H3/t9-,10+. The van der Waals surface area contributed by atoms with Crippen molar-refractivity contribution in [3.05, 3.63) is 0 Å². The van der Waals surface area contributed by atoms with Crippen LogP contribution >= 0.6 is 0 Å². The van der Waals surface area contributed by atoms with Crippen molar-refractivity contribution in [3.63, 3.8) is 0 Å². The van der Waals surface area contributed by atoms with E-state index < -0.39 is 0 Å². The fraction of sp³-hybridized carbons (Fsp3) is 0.900. The van der Waals surface area contributed by atoms with E-state index in [-0.39, 0.29) is 0 Å². The average molecular weight is 167 g/mol. The summed E-state index contributed by atoms with van der Waals surface area (Å²) in [5, 5.41) is 8.41. The summed E-state index contributed by atoms with van der Waals surface area (Å²) in [6, 6.07) is 2.20. The lowest BCUT2D eigenvalue weighted by Crippen LogP contribution is -2.31. The van der Waals surface area contributed by atoms with E-state index in [0.29, 0.717) is 18.4 Å². The molecule has 12 heavy (non-hydrogen) atoms. The van der Waals surface area contributed by atoms with Crippen LogP contribution in [0, 0.1) is 17.2 Å². The molecule has 2 nitrogen and oxygen atoms in total. The van der Waals surface area contributed by atoms with Gasteiger partial charge in [0.1, 0.15) is 0 Å². The summed E-state index contributed by atoms with van der Waals surface area (Å²) in [4.78, 5) is 0. The Balaban J connectivity index is 1.92. The molecule has 0 aromatic carbocycles. The molecule has 68 valence electrons. The van der Waals surface area contributed by atoms with E-state index in [2.05, 4.69) is 13.0 Å². The molecule has 1 saturated carbocycles. The Morgan fingerprint density at radius 1 is 1.50 bits per heavy atom. The van der Waals surface area contributed by atoms with E-state index in [9.17, 15) is 0 Å². The van der Waals surface area contributed by atoms with Crippen molar-refractivity contribution in [2.45, 2.75) is 45.1 Å². The molecule has 0 saturated heterocycles. The van der Waals surface area contributed by atoms with Crippen LogP contribution in [0.5, 0.6) is 0 Å². The molecule has 1 aliphatic carbocycles. The fourth-order valence-corrected chi connectivity index (χ4v) is 1.50. The molecular formula is C10H17NO. The Kier molecular flexibility index (Phi) is 4.10. The second-order valence-electron chi connectivity index (χ2n) is 3.55. The van der Waals surface area contributed by atoms with Gasteiger partial charge in [-0.1, -0.05) is 13.3 Å². The number of rotatable bonds is 5. The van der Waals surface area contributed by atoms with Crippen LogP contribution < -0.4 is 0 Å².